The predicted octanol–water partition coefficient (Wildman–Crippen LogP) is 4.37. The van der Waals surface area contributed by atoms with Crippen LogP contribution in [0.2, 0.25) is 0 Å². The van der Waals surface area contributed by atoms with Gasteiger partial charge in [0.15, 0.2) is 11.5 Å². The molecule has 0 bridgehead atoms. The van der Waals surface area contributed by atoms with Crippen LogP contribution >= 0.6 is 11.3 Å². The fraction of sp³-hybridized carbons (Fsp3) is 0.0556. The number of carbonyl (C=O) groups is 1. The summed E-state index contributed by atoms with van der Waals surface area (Å²) in [5.74, 6) is -7.26. The fourth-order valence-electron chi connectivity index (χ4n) is 2.15. The van der Waals surface area contributed by atoms with E-state index in [1.165, 1.54) is 36.6 Å². The highest BCUT2D eigenvalue weighted by molar-refractivity contribution is 7.12. The maximum atomic E-state index is 13.5. The first-order valence-corrected chi connectivity index (χ1v) is 8.71. The number of nitrogens with one attached hydrogen (secondary N) is 1. The number of pyridine rings is 1. The molecule has 0 spiro atoms. The summed E-state index contributed by atoms with van der Waals surface area (Å²) in [6, 6.07) is 7.65. The molecule has 6 nitrogen and oxygen atoms in total. The molecule has 1 N–H and O–H groups in total. The second-order valence-electron chi connectivity index (χ2n) is 5.34. The van der Waals surface area contributed by atoms with Crippen LogP contribution in [0.4, 0.5) is 23.2 Å². The van der Waals surface area contributed by atoms with Crippen LogP contribution in [0.5, 0.6) is 11.5 Å². The van der Waals surface area contributed by atoms with Gasteiger partial charge in [0.2, 0.25) is 11.6 Å². The molecular formula is C18H11F4N3O3S. The van der Waals surface area contributed by atoms with Gasteiger partial charge in [0.05, 0.1) is 13.3 Å². The largest absolute Gasteiger partial charge is 0.493 e. The van der Waals surface area contributed by atoms with E-state index in [4.69, 9.17) is 9.47 Å². The van der Waals surface area contributed by atoms with Crippen LogP contribution in [0.15, 0.2) is 40.8 Å². The van der Waals surface area contributed by atoms with Gasteiger partial charge in [-0.15, -0.1) is 11.3 Å². The Hall–Kier alpha value is -3.47. The SMILES string of the molecule is COc1cc(/C=N/Nc2c(F)c(F)nc(F)c2F)ccc1OC(=O)c1cccs1. The number of thiophene rings is 1. The van der Waals surface area contributed by atoms with Gasteiger partial charge in [0, 0.05) is 0 Å². The molecule has 0 aliphatic carbocycles. The summed E-state index contributed by atoms with van der Waals surface area (Å²) in [5, 5.41) is 5.27. The molecule has 0 radical (unpaired) electrons. The molecule has 0 saturated carbocycles. The van der Waals surface area contributed by atoms with Crippen LogP contribution in [0.1, 0.15) is 15.2 Å². The second-order valence-corrected chi connectivity index (χ2v) is 6.29. The Morgan fingerprint density at radius 3 is 2.48 bits per heavy atom. The second kappa shape index (κ2) is 8.69. The number of rotatable bonds is 6. The minimum atomic E-state index is -1.81. The number of hydrazone groups is 1. The van der Waals surface area contributed by atoms with Gasteiger partial charge in [-0.2, -0.15) is 27.6 Å². The lowest BCUT2D eigenvalue weighted by atomic mass is 10.2. The number of hydrogen-bond acceptors (Lipinski definition) is 7. The van der Waals surface area contributed by atoms with E-state index in [1.807, 2.05) is 5.43 Å². The van der Waals surface area contributed by atoms with E-state index in [0.29, 0.717) is 10.4 Å². The maximum Gasteiger partial charge on any atom is 0.353 e. The first-order valence-electron chi connectivity index (χ1n) is 7.83. The third-order valence-corrected chi connectivity index (χ3v) is 4.35. The highest BCUT2D eigenvalue weighted by atomic mass is 32.1. The van der Waals surface area contributed by atoms with Gasteiger partial charge < -0.3 is 9.47 Å². The predicted molar refractivity (Wildman–Crippen MR) is 97.6 cm³/mol. The minimum absolute atomic E-state index is 0.145. The number of esters is 1. The molecule has 2 heterocycles. The summed E-state index contributed by atoms with van der Waals surface area (Å²) in [5.41, 5.74) is 1.14. The van der Waals surface area contributed by atoms with Crippen LogP contribution in [0.3, 0.4) is 0 Å². The third-order valence-electron chi connectivity index (χ3n) is 3.50. The van der Waals surface area contributed by atoms with E-state index < -0.39 is 35.2 Å². The maximum absolute atomic E-state index is 13.5. The van der Waals surface area contributed by atoms with E-state index in [2.05, 4.69) is 10.1 Å². The highest BCUT2D eigenvalue weighted by Crippen LogP contribution is 2.29. The molecule has 150 valence electrons. The molecular weight excluding hydrogens is 414 g/mol. The molecule has 0 unspecified atom stereocenters. The lowest BCUT2D eigenvalue weighted by molar-refractivity contribution is 0.0735. The highest BCUT2D eigenvalue weighted by Gasteiger charge is 2.20. The number of carbonyl (C=O) groups excluding carboxylic acids is 1. The van der Waals surface area contributed by atoms with Gasteiger partial charge in [-0.1, -0.05) is 6.07 Å². The average molecular weight is 425 g/mol. The number of methoxy groups -OCH3 is 1. The van der Waals surface area contributed by atoms with Crippen molar-refractivity contribution >= 4 is 29.2 Å². The van der Waals surface area contributed by atoms with E-state index >= 15 is 0 Å². The standard InChI is InChI=1S/C18H11F4N3O3S/c1-27-11-7-9(4-5-10(11)28-18(26)12-3-2-6-29-12)8-23-25-15-13(19)16(21)24-17(22)14(15)20/h2-8H,1H3,(H,24,25)/b23-8+. The zero-order valence-corrected chi connectivity index (χ0v) is 15.4. The van der Waals surface area contributed by atoms with Gasteiger partial charge >= 0.3 is 5.97 Å². The van der Waals surface area contributed by atoms with Gasteiger partial charge in [0.1, 0.15) is 10.6 Å². The Bertz CT molecular complexity index is 1050. The number of benzene rings is 1. The van der Waals surface area contributed by atoms with Crippen LogP contribution in [0.25, 0.3) is 0 Å². The average Bonchev–Trinajstić information content (AvgIpc) is 3.25. The van der Waals surface area contributed by atoms with Crippen molar-refractivity contribution in [3.63, 3.8) is 0 Å². The van der Waals surface area contributed by atoms with Crippen LogP contribution in [0, 0.1) is 23.5 Å². The Morgan fingerprint density at radius 2 is 1.86 bits per heavy atom. The summed E-state index contributed by atoms with van der Waals surface area (Å²) >= 11 is 1.22. The normalized spacial score (nSPS) is 10.9. The Kier molecular flexibility index (Phi) is 6.07. The fourth-order valence-corrected chi connectivity index (χ4v) is 2.75. The first-order chi connectivity index (χ1) is 13.9. The number of ether oxygens (including phenoxy) is 2. The Morgan fingerprint density at radius 1 is 1.14 bits per heavy atom. The number of halogens is 4. The van der Waals surface area contributed by atoms with Gasteiger partial charge in [-0.05, 0) is 35.2 Å². The molecule has 0 aliphatic rings. The molecule has 2 aromatic heterocycles. The van der Waals surface area contributed by atoms with Crippen molar-refractivity contribution < 1.29 is 31.8 Å². The molecule has 1 aromatic carbocycles. The zero-order valence-electron chi connectivity index (χ0n) is 14.6. The lowest BCUT2D eigenvalue weighted by Gasteiger charge is -2.09. The lowest BCUT2D eigenvalue weighted by Crippen LogP contribution is -2.07. The van der Waals surface area contributed by atoms with E-state index in [1.54, 1.807) is 17.5 Å². The van der Waals surface area contributed by atoms with Gasteiger partial charge in [-0.25, -0.2) is 4.79 Å². The topological polar surface area (TPSA) is 72.8 Å². The van der Waals surface area contributed by atoms with Crippen LogP contribution in [-0.4, -0.2) is 24.3 Å². The minimum Gasteiger partial charge on any atom is -0.493 e. The summed E-state index contributed by atoms with van der Waals surface area (Å²) in [7, 11) is 1.35. The molecule has 0 fully saturated rings. The number of aromatic nitrogens is 1. The zero-order chi connectivity index (χ0) is 21.0. The molecule has 3 aromatic rings. The van der Waals surface area contributed by atoms with Crippen LogP contribution in [-0.2, 0) is 0 Å². The molecule has 3 rings (SSSR count). The molecule has 29 heavy (non-hydrogen) atoms. The summed E-state index contributed by atoms with van der Waals surface area (Å²) in [6.45, 7) is 0. The van der Waals surface area contributed by atoms with Crippen molar-refractivity contribution in [2.75, 3.05) is 12.5 Å². The summed E-state index contributed by atoms with van der Waals surface area (Å²) in [6.07, 6.45) is 1.11. The number of nitrogens with zero attached hydrogens (tertiary/aromatic N) is 2. The Balaban J connectivity index is 1.76. The molecule has 0 aliphatic heterocycles. The van der Waals surface area contributed by atoms with Crippen molar-refractivity contribution in [2.45, 2.75) is 0 Å². The van der Waals surface area contributed by atoms with Crippen molar-refractivity contribution in [3.8, 4) is 11.5 Å². The van der Waals surface area contributed by atoms with E-state index in [0.717, 1.165) is 6.21 Å². The van der Waals surface area contributed by atoms with Crippen molar-refractivity contribution in [2.24, 2.45) is 5.10 Å². The molecule has 11 heteroatoms. The Labute approximate surface area is 165 Å². The van der Waals surface area contributed by atoms with E-state index in [9.17, 15) is 22.4 Å². The monoisotopic (exact) mass is 425 g/mol. The summed E-state index contributed by atoms with van der Waals surface area (Å²) < 4.78 is 63.6. The molecule has 0 atom stereocenters. The van der Waals surface area contributed by atoms with Crippen molar-refractivity contribution in [1.82, 2.24) is 4.98 Å². The quantitative estimate of drug-likeness (QED) is 0.159. The number of hydrogen-bond donors (Lipinski definition) is 1. The molecule has 0 amide bonds. The molecule has 0 saturated heterocycles. The van der Waals surface area contributed by atoms with Gasteiger partial charge in [-0.3, -0.25) is 5.43 Å². The summed E-state index contributed by atoms with van der Waals surface area (Å²) in [4.78, 5) is 14.9. The van der Waals surface area contributed by atoms with Crippen LogP contribution < -0.4 is 14.9 Å². The third kappa shape index (κ3) is 4.51. The smallest absolute Gasteiger partial charge is 0.353 e. The van der Waals surface area contributed by atoms with Crippen molar-refractivity contribution in [3.05, 3.63) is 69.7 Å². The van der Waals surface area contributed by atoms with Crippen molar-refractivity contribution in [1.29, 1.82) is 0 Å². The van der Waals surface area contributed by atoms with Gasteiger partial charge in [0.25, 0.3) is 11.9 Å². The number of anilines is 1. The van der Waals surface area contributed by atoms with E-state index in [-0.39, 0.29) is 11.5 Å². The first kappa shape index (κ1) is 20.3.